The minimum Gasteiger partial charge on any atom is -1.00 e. The number of diazo groups is 1. The smallest absolute Gasteiger partial charge is 0.380 e. The van der Waals surface area contributed by atoms with Crippen LogP contribution in [0.1, 0.15) is 6.92 Å². The molecule has 0 aliphatic carbocycles. The number of rotatable bonds is 1. The molecule has 0 aromatic carbocycles. The first-order valence-electron chi connectivity index (χ1n) is 3.33. The number of likely N-dealkylation sites (N-methyl/N-ethyl adjacent to an activating group) is 1. The first-order chi connectivity index (χ1) is 4.86. The lowest BCUT2D eigenvalue weighted by Gasteiger charge is -2.14. The summed E-state index contributed by atoms with van der Waals surface area (Å²) in [4.78, 5) is 5.18. The fraction of sp³-hybridized carbons (Fsp3) is 0.429. The second-order valence-electron chi connectivity index (χ2n) is 2.16. The Balaban J connectivity index is 0.000001000. The highest BCUT2D eigenvalue weighted by Gasteiger charge is 2.14. The van der Waals surface area contributed by atoms with Crippen LogP contribution in [0.15, 0.2) is 24.0 Å². The van der Waals surface area contributed by atoms with Crippen LogP contribution in [0.5, 0.6) is 0 Å². The molecule has 0 bridgehead atoms. The van der Waals surface area contributed by atoms with Crippen molar-refractivity contribution >= 4 is 0 Å². The fourth-order valence-electron chi connectivity index (χ4n) is 0.871. The summed E-state index contributed by atoms with van der Waals surface area (Å²) in [5.74, 6) is 0. The van der Waals surface area contributed by atoms with Gasteiger partial charge < -0.3 is 21.9 Å². The molecule has 11 heavy (non-hydrogen) atoms. The van der Waals surface area contributed by atoms with Crippen LogP contribution >= 0.6 is 0 Å². The van der Waals surface area contributed by atoms with Gasteiger partial charge in [-0.2, -0.15) is 0 Å². The molecule has 1 aliphatic rings. The predicted molar refractivity (Wildman–Crippen MR) is 39.6 cm³/mol. The van der Waals surface area contributed by atoms with Gasteiger partial charge in [0.05, 0.1) is 0 Å². The van der Waals surface area contributed by atoms with E-state index in [1.54, 1.807) is 6.08 Å². The van der Waals surface area contributed by atoms with Gasteiger partial charge in [-0.05, 0) is 19.2 Å². The number of halogens is 1. The average Bonchev–Trinajstić information content (AvgIpc) is 2.05. The molecule has 4 heteroatoms. The van der Waals surface area contributed by atoms with Crippen molar-refractivity contribution in [2.24, 2.45) is 0 Å². The van der Waals surface area contributed by atoms with Crippen molar-refractivity contribution < 1.29 is 17.0 Å². The summed E-state index contributed by atoms with van der Waals surface area (Å²) >= 11 is 0. The third kappa shape index (κ3) is 2.72. The third-order valence-electron chi connectivity index (χ3n) is 1.49. The van der Waals surface area contributed by atoms with Crippen LogP contribution in [0.4, 0.5) is 0 Å². The Morgan fingerprint density at radius 2 is 2.45 bits per heavy atom. The van der Waals surface area contributed by atoms with Gasteiger partial charge in [-0.15, -0.1) is 0 Å². The van der Waals surface area contributed by atoms with E-state index >= 15 is 0 Å². The third-order valence-corrected chi connectivity index (χ3v) is 1.49. The van der Waals surface area contributed by atoms with Crippen molar-refractivity contribution in [3.8, 4) is 0 Å². The lowest BCUT2D eigenvalue weighted by atomic mass is 10.3. The maximum atomic E-state index is 8.40. The molecular formula is C7H10BrN3. The Bertz CT molecular complexity index is 214. The van der Waals surface area contributed by atoms with Crippen LogP contribution in [0.3, 0.4) is 0 Å². The number of hydrogen-bond acceptors (Lipinski definition) is 2. The second kappa shape index (κ2) is 4.91. The molecule has 0 aromatic rings. The first kappa shape index (κ1) is 10.2. The van der Waals surface area contributed by atoms with E-state index in [1.807, 2.05) is 12.3 Å². The monoisotopic (exact) mass is 215 g/mol. The molecule has 0 fully saturated rings. The van der Waals surface area contributed by atoms with Crippen molar-refractivity contribution in [2.45, 2.75) is 6.92 Å². The standard InChI is InChI=1S/C7H10N3.BrH/c1-2-10-5-3-4-7(6-10)9-8;/h3-5H,2,6H2,1H3;1H/q+1;/p-1. The van der Waals surface area contributed by atoms with Gasteiger partial charge in [0.1, 0.15) is 6.54 Å². The van der Waals surface area contributed by atoms with Crippen LogP contribution in [0.25, 0.3) is 4.98 Å². The second-order valence-corrected chi connectivity index (χ2v) is 2.16. The van der Waals surface area contributed by atoms with E-state index in [2.05, 4.69) is 16.8 Å². The number of hydrogen-bond donors (Lipinski definition) is 0. The summed E-state index contributed by atoms with van der Waals surface area (Å²) in [7, 11) is 0. The van der Waals surface area contributed by atoms with E-state index in [-0.39, 0.29) is 17.0 Å². The van der Waals surface area contributed by atoms with E-state index in [1.165, 1.54) is 0 Å². The van der Waals surface area contributed by atoms with Gasteiger partial charge in [0.25, 0.3) is 0 Å². The fourth-order valence-corrected chi connectivity index (χ4v) is 0.871. The molecule has 0 amide bonds. The quantitative estimate of drug-likeness (QED) is 0.503. The minimum atomic E-state index is 0. The summed E-state index contributed by atoms with van der Waals surface area (Å²) in [5, 5.41) is 8.40. The summed E-state index contributed by atoms with van der Waals surface area (Å²) in [6.07, 6.45) is 5.66. The minimum absolute atomic E-state index is 0. The predicted octanol–water partition coefficient (Wildman–Crippen LogP) is -1.42. The topological polar surface area (TPSA) is 31.4 Å². The van der Waals surface area contributed by atoms with Gasteiger partial charge in [0, 0.05) is 12.6 Å². The van der Waals surface area contributed by atoms with Crippen molar-refractivity contribution in [2.75, 3.05) is 13.1 Å². The van der Waals surface area contributed by atoms with Gasteiger partial charge >= 0.3 is 5.70 Å². The lowest BCUT2D eigenvalue weighted by Crippen LogP contribution is -3.00. The van der Waals surface area contributed by atoms with Crippen LogP contribution in [-0.2, 0) is 0 Å². The highest BCUT2D eigenvalue weighted by molar-refractivity contribution is 5.22. The van der Waals surface area contributed by atoms with Crippen molar-refractivity contribution in [3.05, 3.63) is 29.0 Å². The van der Waals surface area contributed by atoms with Crippen molar-refractivity contribution in [3.63, 3.8) is 0 Å². The lowest BCUT2D eigenvalue weighted by molar-refractivity contribution is -0.00000235. The van der Waals surface area contributed by atoms with Crippen LogP contribution in [0.2, 0.25) is 0 Å². The maximum absolute atomic E-state index is 8.40. The summed E-state index contributed by atoms with van der Waals surface area (Å²) in [5.41, 5.74) is 0.712. The van der Waals surface area contributed by atoms with Gasteiger partial charge in [0.15, 0.2) is 4.98 Å². The molecule has 0 saturated carbocycles. The Morgan fingerprint density at radius 1 is 1.73 bits per heavy atom. The molecule has 0 atom stereocenters. The Labute approximate surface area is 76.8 Å². The summed E-state index contributed by atoms with van der Waals surface area (Å²) < 4.78 is 0. The molecule has 0 radical (unpaired) electrons. The summed E-state index contributed by atoms with van der Waals surface area (Å²) in [6.45, 7) is 3.72. The molecule has 0 N–H and O–H groups in total. The Morgan fingerprint density at radius 3 is 3.00 bits per heavy atom. The van der Waals surface area contributed by atoms with Crippen molar-refractivity contribution in [1.82, 2.24) is 4.90 Å². The van der Waals surface area contributed by atoms with E-state index in [0.717, 1.165) is 6.54 Å². The Hall–Kier alpha value is -0.820. The zero-order valence-electron chi connectivity index (χ0n) is 6.37. The molecule has 60 valence electrons. The highest BCUT2D eigenvalue weighted by atomic mass is 79.9. The normalized spacial score (nSPS) is 14.9. The molecule has 3 nitrogen and oxygen atoms in total. The summed E-state index contributed by atoms with van der Waals surface area (Å²) in [6, 6.07) is 0. The van der Waals surface area contributed by atoms with Gasteiger partial charge in [-0.25, -0.2) is 0 Å². The SMILES string of the molecule is CCN1C=CC=C([N+]#N)C1.[Br-]. The molecule has 1 aliphatic heterocycles. The van der Waals surface area contributed by atoms with Crippen molar-refractivity contribution in [1.29, 1.82) is 5.39 Å². The molecule has 1 heterocycles. The Kier molecular flexibility index (Phi) is 4.55. The van der Waals surface area contributed by atoms with E-state index < -0.39 is 0 Å². The molecule has 0 aromatic heterocycles. The van der Waals surface area contributed by atoms with Crippen LogP contribution < -0.4 is 17.0 Å². The van der Waals surface area contributed by atoms with E-state index in [0.29, 0.717) is 12.2 Å². The number of allylic oxidation sites excluding steroid dienone is 2. The molecule has 0 unspecified atom stereocenters. The van der Waals surface area contributed by atoms with E-state index in [9.17, 15) is 0 Å². The van der Waals surface area contributed by atoms with Crippen LogP contribution in [0, 0.1) is 5.39 Å². The van der Waals surface area contributed by atoms with Crippen LogP contribution in [-0.4, -0.2) is 18.0 Å². The first-order valence-corrected chi connectivity index (χ1v) is 3.33. The molecule has 0 saturated heterocycles. The maximum Gasteiger partial charge on any atom is 0.380 e. The number of nitrogens with zero attached hydrogens (tertiary/aromatic N) is 3. The van der Waals surface area contributed by atoms with Gasteiger partial charge in [-0.1, -0.05) is 0 Å². The molecular weight excluding hydrogens is 206 g/mol. The largest absolute Gasteiger partial charge is 1.00 e. The van der Waals surface area contributed by atoms with Gasteiger partial charge in [0.2, 0.25) is 5.39 Å². The molecule has 1 rings (SSSR count). The highest BCUT2D eigenvalue weighted by Crippen LogP contribution is 2.06. The average molecular weight is 216 g/mol. The van der Waals surface area contributed by atoms with Gasteiger partial charge in [-0.3, -0.25) is 0 Å². The van der Waals surface area contributed by atoms with E-state index in [4.69, 9.17) is 5.39 Å². The zero-order chi connectivity index (χ0) is 7.40. The molecule has 0 spiro atoms. The zero-order valence-corrected chi connectivity index (χ0v) is 7.95.